The smallest absolute Gasteiger partial charge is 0.269 e. The van der Waals surface area contributed by atoms with E-state index in [9.17, 15) is 9.59 Å². The molecule has 26 heavy (non-hydrogen) atoms. The van der Waals surface area contributed by atoms with E-state index < -0.39 is 5.91 Å². The average molecular weight is 372 g/mol. The highest BCUT2D eigenvalue weighted by molar-refractivity contribution is 7.14. The van der Waals surface area contributed by atoms with Crippen molar-refractivity contribution < 1.29 is 9.59 Å². The molecule has 0 saturated carbocycles. The van der Waals surface area contributed by atoms with Crippen LogP contribution in [-0.2, 0) is 12.8 Å². The molecule has 1 fully saturated rings. The van der Waals surface area contributed by atoms with E-state index in [4.69, 9.17) is 5.73 Å². The van der Waals surface area contributed by atoms with Gasteiger partial charge in [-0.2, -0.15) is 5.10 Å². The van der Waals surface area contributed by atoms with Crippen molar-refractivity contribution in [3.63, 3.8) is 0 Å². The minimum atomic E-state index is -0.533. The maximum atomic E-state index is 13.0. The van der Waals surface area contributed by atoms with Gasteiger partial charge in [0.05, 0.1) is 4.88 Å². The largest absolute Gasteiger partial charge is 0.364 e. The molecule has 2 aromatic heterocycles. The molecule has 0 aromatic carbocycles. The lowest BCUT2D eigenvalue weighted by atomic mass is 9.90. The summed E-state index contributed by atoms with van der Waals surface area (Å²) in [6.45, 7) is 3.71. The lowest BCUT2D eigenvalue weighted by Crippen LogP contribution is -2.38. The van der Waals surface area contributed by atoms with E-state index in [1.807, 2.05) is 4.90 Å². The van der Waals surface area contributed by atoms with E-state index >= 15 is 0 Å². The molecule has 4 rings (SSSR count). The highest BCUT2D eigenvalue weighted by Crippen LogP contribution is 2.34. The number of amides is 2. The number of aromatic amines is 1. The predicted octanol–water partition coefficient (Wildman–Crippen LogP) is 2.71. The Balaban J connectivity index is 1.48. The van der Waals surface area contributed by atoms with E-state index in [2.05, 4.69) is 23.2 Å². The number of carbonyl (C=O) groups is 2. The Morgan fingerprint density at radius 1 is 1.35 bits per heavy atom. The molecule has 1 aliphatic carbocycles. The van der Waals surface area contributed by atoms with Gasteiger partial charge in [0.1, 0.15) is 5.69 Å². The first kappa shape index (κ1) is 17.3. The Morgan fingerprint density at radius 3 is 2.96 bits per heavy atom. The Hall–Kier alpha value is -2.15. The van der Waals surface area contributed by atoms with Gasteiger partial charge in [-0.05, 0) is 55.7 Å². The number of likely N-dealkylation sites (tertiary alicyclic amines) is 1. The summed E-state index contributed by atoms with van der Waals surface area (Å²) in [5, 5.41) is 6.88. The van der Waals surface area contributed by atoms with E-state index in [1.165, 1.54) is 16.9 Å². The number of fused-ring (bicyclic) bond motifs is 1. The van der Waals surface area contributed by atoms with Crippen LogP contribution in [0.4, 0.5) is 0 Å². The van der Waals surface area contributed by atoms with Crippen molar-refractivity contribution in [2.75, 3.05) is 13.1 Å². The molecule has 0 bridgehead atoms. The van der Waals surface area contributed by atoms with Gasteiger partial charge in [0.2, 0.25) is 0 Å². The number of nitrogens with zero attached hydrogens (tertiary/aromatic N) is 2. The van der Waals surface area contributed by atoms with Crippen molar-refractivity contribution in [2.24, 2.45) is 11.7 Å². The summed E-state index contributed by atoms with van der Waals surface area (Å²) in [6.07, 6.45) is 5.33. The van der Waals surface area contributed by atoms with Crippen molar-refractivity contribution in [1.82, 2.24) is 15.1 Å². The first-order valence-electron chi connectivity index (χ1n) is 9.27. The number of rotatable bonds is 3. The highest BCUT2D eigenvalue weighted by Gasteiger charge is 2.29. The molecule has 0 radical (unpaired) electrons. The lowest BCUT2D eigenvalue weighted by Gasteiger charge is -2.32. The quantitative estimate of drug-likeness (QED) is 0.868. The molecule has 3 N–H and O–H groups in total. The number of H-pyrrole nitrogens is 1. The maximum absolute atomic E-state index is 13.0. The number of piperidine rings is 1. The summed E-state index contributed by atoms with van der Waals surface area (Å²) in [6, 6.07) is 3.83. The van der Waals surface area contributed by atoms with Crippen molar-refractivity contribution in [3.05, 3.63) is 38.8 Å². The molecule has 138 valence electrons. The van der Waals surface area contributed by atoms with Gasteiger partial charge in [-0.15, -0.1) is 11.3 Å². The number of aromatic nitrogens is 2. The van der Waals surface area contributed by atoms with Crippen LogP contribution in [0.25, 0.3) is 0 Å². The van der Waals surface area contributed by atoms with Gasteiger partial charge in [-0.1, -0.05) is 6.92 Å². The fourth-order valence-corrected chi connectivity index (χ4v) is 5.23. The van der Waals surface area contributed by atoms with E-state index in [0.717, 1.165) is 42.8 Å². The minimum Gasteiger partial charge on any atom is -0.364 e. The summed E-state index contributed by atoms with van der Waals surface area (Å²) >= 11 is 1.67. The molecule has 6 nitrogen and oxygen atoms in total. The van der Waals surface area contributed by atoms with Gasteiger partial charge in [0.15, 0.2) is 0 Å². The second-order valence-electron chi connectivity index (χ2n) is 7.57. The van der Waals surface area contributed by atoms with Crippen molar-refractivity contribution in [1.29, 1.82) is 0 Å². The Kier molecular flexibility index (Phi) is 4.56. The van der Waals surface area contributed by atoms with Crippen LogP contribution >= 0.6 is 11.3 Å². The van der Waals surface area contributed by atoms with Gasteiger partial charge < -0.3 is 10.6 Å². The van der Waals surface area contributed by atoms with Gasteiger partial charge in [0, 0.05) is 29.6 Å². The summed E-state index contributed by atoms with van der Waals surface area (Å²) < 4.78 is 0. The Morgan fingerprint density at radius 2 is 2.19 bits per heavy atom. The molecule has 3 heterocycles. The van der Waals surface area contributed by atoms with Crippen molar-refractivity contribution in [2.45, 2.75) is 44.9 Å². The summed E-state index contributed by atoms with van der Waals surface area (Å²) in [5.41, 5.74) is 7.79. The number of thiophene rings is 1. The monoisotopic (exact) mass is 372 g/mol. The zero-order valence-corrected chi connectivity index (χ0v) is 15.8. The Bertz CT molecular complexity index is 840. The third kappa shape index (κ3) is 3.28. The third-order valence-corrected chi connectivity index (χ3v) is 6.76. The molecule has 2 atom stereocenters. The van der Waals surface area contributed by atoms with Gasteiger partial charge >= 0.3 is 0 Å². The first-order chi connectivity index (χ1) is 12.5. The molecular weight excluding hydrogens is 348 g/mol. The van der Waals surface area contributed by atoms with Crippen molar-refractivity contribution in [3.8, 4) is 0 Å². The van der Waals surface area contributed by atoms with Gasteiger partial charge in [-0.25, -0.2) is 0 Å². The number of primary amides is 1. The zero-order valence-electron chi connectivity index (χ0n) is 15.0. The third-order valence-electron chi connectivity index (χ3n) is 5.54. The molecule has 2 amide bonds. The van der Waals surface area contributed by atoms with Crippen LogP contribution in [-0.4, -0.2) is 40.0 Å². The molecule has 0 spiro atoms. The second kappa shape index (κ2) is 6.87. The fraction of sp³-hybridized carbons (Fsp3) is 0.526. The number of carbonyl (C=O) groups excluding carboxylic acids is 2. The van der Waals surface area contributed by atoms with Crippen LogP contribution in [0.1, 0.15) is 68.4 Å². The standard InChI is InChI=1S/C19H24N4O2S/c1-11-4-5-16-13(7-11)8-17(26-16)19(25)23-6-2-3-12(10-23)14-9-15(18(20)24)22-21-14/h8-9,11-12H,2-7,10H2,1H3,(H2,20,24)(H,21,22). The van der Waals surface area contributed by atoms with E-state index in [1.54, 1.807) is 17.4 Å². The van der Waals surface area contributed by atoms with Crippen LogP contribution in [0.5, 0.6) is 0 Å². The van der Waals surface area contributed by atoms with Crippen molar-refractivity contribution >= 4 is 23.2 Å². The van der Waals surface area contributed by atoms with Gasteiger partial charge in [-0.3, -0.25) is 14.7 Å². The topological polar surface area (TPSA) is 92.1 Å². The van der Waals surface area contributed by atoms with Crippen LogP contribution in [0.15, 0.2) is 12.1 Å². The number of nitrogens with one attached hydrogen (secondary N) is 1. The normalized spacial score (nSPS) is 22.9. The fourth-order valence-electron chi connectivity index (χ4n) is 4.05. The SMILES string of the molecule is CC1CCc2sc(C(=O)N3CCCC(c4cc(C(N)=O)n[nH]4)C3)cc2C1. The van der Waals surface area contributed by atoms with Crippen LogP contribution in [0.2, 0.25) is 0 Å². The molecule has 2 aromatic rings. The summed E-state index contributed by atoms with van der Waals surface area (Å²) in [5.74, 6) is 0.480. The molecule has 1 saturated heterocycles. The van der Waals surface area contributed by atoms with Crippen LogP contribution < -0.4 is 5.73 Å². The zero-order chi connectivity index (χ0) is 18.3. The van der Waals surface area contributed by atoms with Crippen LogP contribution in [0, 0.1) is 5.92 Å². The number of hydrogen-bond donors (Lipinski definition) is 2. The predicted molar refractivity (Wildman–Crippen MR) is 100 cm³/mol. The maximum Gasteiger partial charge on any atom is 0.269 e. The summed E-state index contributed by atoms with van der Waals surface area (Å²) in [7, 11) is 0. The number of aryl methyl sites for hydroxylation is 1. The molecule has 2 aliphatic rings. The molecule has 2 unspecified atom stereocenters. The minimum absolute atomic E-state index is 0.136. The summed E-state index contributed by atoms with van der Waals surface area (Å²) in [4.78, 5) is 28.5. The highest BCUT2D eigenvalue weighted by atomic mass is 32.1. The van der Waals surface area contributed by atoms with E-state index in [-0.39, 0.29) is 17.5 Å². The number of nitrogens with two attached hydrogens (primary N) is 1. The molecule has 7 heteroatoms. The lowest BCUT2D eigenvalue weighted by molar-refractivity contribution is 0.0710. The average Bonchev–Trinajstić information content (AvgIpc) is 3.28. The second-order valence-corrected chi connectivity index (χ2v) is 8.71. The number of hydrogen-bond acceptors (Lipinski definition) is 4. The van der Waals surface area contributed by atoms with Crippen LogP contribution in [0.3, 0.4) is 0 Å². The first-order valence-corrected chi connectivity index (χ1v) is 10.1. The molecular formula is C19H24N4O2S. The van der Waals surface area contributed by atoms with Gasteiger partial charge in [0.25, 0.3) is 11.8 Å². The Labute approximate surface area is 156 Å². The molecule has 1 aliphatic heterocycles. The van der Waals surface area contributed by atoms with E-state index in [0.29, 0.717) is 12.5 Å².